The van der Waals surface area contributed by atoms with Gasteiger partial charge < -0.3 is 19.0 Å². The lowest BCUT2D eigenvalue weighted by Gasteiger charge is -2.32. The van der Waals surface area contributed by atoms with Gasteiger partial charge in [0, 0.05) is 32.6 Å². The Morgan fingerprint density at radius 2 is 2.00 bits per heavy atom. The molecule has 7 nitrogen and oxygen atoms in total. The predicted octanol–water partition coefficient (Wildman–Crippen LogP) is 2.94. The van der Waals surface area contributed by atoms with E-state index >= 15 is 0 Å². The van der Waals surface area contributed by atoms with Crippen LogP contribution in [0.25, 0.3) is 0 Å². The molecule has 0 saturated carbocycles. The van der Waals surface area contributed by atoms with Gasteiger partial charge in [0.25, 0.3) is 5.91 Å². The van der Waals surface area contributed by atoms with Gasteiger partial charge in [-0.2, -0.15) is 0 Å². The Balaban J connectivity index is 1.95. The third kappa shape index (κ3) is 5.59. The Labute approximate surface area is 167 Å². The summed E-state index contributed by atoms with van der Waals surface area (Å²) in [6.45, 7) is 9.72. The van der Waals surface area contributed by atoms with Gasteiger partial charge in [0.15, 0.2) is 0 Å². The molecule has 28 heavy (non-hydrogen) atoms. The zero-order chi connectivity index (χ0) is 20.7. The summed E-state index contributed by atoms with van der Waals surface area (Å²) < 4.78 is 10.6. The van der Waals surface area contributed by atoms with E-state index in [0.29, 0.717) is 49.9 Å². The lowest BCUT2D eigenvalue weighted by molar-refractivity contribution is -0.151. The normalized spacial score (nSPS) is 16.7. The van der Waals surface area contributed by atoms with Gasteiger partial charge in [0.2, 0.25) is 5.91 Å². The van der Waals surface area contributed by atoms with E-state index in [4.69, 9.17) is 9.15 Å². The van der Waals surface area contributed by atoms with E-state index in [1.54, 1.807) is 29.7 Å². The molecule has 0 aliphatic carbocycles. The van der Waals surface area contributed by atoms with Crippen LogP contribution in [0, 0.1) is 19.8 Å². The molecule has 0 N–H and O–H groups in total. The van der Waals surface area contributed by atoms with E-state index < -0.39 is 0 Å². The summed E-state index contributed by atoms with van der Waals surface area (Å²) in [7, 11) is 0. The molecule has 0 spiro atoms. The third-order valence-electron chi connectivity index (χ3n) is 5.04. The highest BCUT2D eigenvalue weighted by atomic mass is 16.5. The fourth-order valence-electron chi connectivity index (χ4n) is 3.64. The second-order valence-electron chi connectivity index (χ2n) is 7.30. The number of hydrogen-bond acceptors (Lipinski definition) is 5. The number of carbonyl (C=O) groups is 3. The minimum Gasteiger partial charge on any atom is -0.466 e. The summed E-state index contributed by atoms with van der Waals surface area (Å²) in [5, 5.41) is 0. The van der Waals surface area contributed by atoms with Gasteiger partial charge in [-0.1, -0.05) is 6.92 Å². The van der Waals surface area contributed by atoms with Crippen molar-refractivity contribution in [2.75, 3.05) is 32.8 Å². The average Bonchev–Trinajstić information content (AvgIpc) is 3.02. The topological polar surface area (TPSA) is 80.1 Å². The highest BCUT2D eigenvalue weighted by Gasteiger charge is 2.29. The second-order valence-corrected chi connectivity index (χ2v) is 7.30. The Morgan fingerprint density at radius 1 is 1.25 bits per heavy atom. The van der Waals surface area contributed by atoms with Gasteiger partial charge in [-0.15, -0.1) is 0 Å². The number of furan rings is 1. The SMILES string of the molecule is CCCN(CCC(=O)N1CCCC(C(=O)OCC)C1)C(=O)c1cc(C)oc1C. The van der Waals surface area contributed by atoms with Crippen LogP contribution in [0.2, 0.25) is 0 Å². The number of carbonyl (C=O) groups excluding carboxylic acids is 3. The van der Waals surface area contributed by atoms with Crippen LogP contribution in [0.5, 0.6) is 0 Å². The van der Waals surface area contributed by atoms with E-state index in [1.165, 1.54) is 0 Å². The van der Waals surface area contributed by atoms with E-state index in [-0.39, 0.29) is 30.1 Å². The van der Waals surface area contributed by atoms with Gasteiger partial charge >= 0.3 is 5.97 Å². The fraction of sp³-hybridized carbons (Fsp3) is 0.667. The van der Waals surface area contributed by atoms with Gasteiger partial charge in [0.05, 0.1) is 18.1 Å². The molecule has 1 aliphatic heterocycles. The van der Waals surface area contributed by atoms with Crippen molar-refractivity contribution in [2.24, 2.45) is 5.92 Å². The largest absolute Gasteiger partial charge is 0.466 e. The molecule has 7 heteroatoms. The molecule has 0 bridgehead atoms. The first-order valence-corrected chi connectivity index (χ1v) is 10.2. The van der Waals surface area contributed by atoms with Crippen LogP contribution in [0.15, 0.2) is 10.5 Å². The molecule has 1 aromatic heterocycles. The predicted molar refractivity (Wildman–Crippen MR) is 105 cm³/mol. The third-order valence-corrected chi connectivity index (χ3v) is 5.04. The summed E-state index contributed by atoms with van der Waals surface area (Å²) in [4.78, 5) is 40.9. The van der Waals surface area contributed by atoms with Gasteiger partial charge in [-0.25, -0.2) is 0 Å². The first-order chi connectivity index (χ1) is 13.4. The van der Waals surface area contributed by atoms with Crippen molar-refractivity contribution in [3.05, 3.63) is 23.2 Å². The number of likely N-dealkylation sites (tertiary alicyclic amines) is 1. The highest BCUT2D eigenvalue weighted by molar-refractivity contribution is 5.95. The Morgan fingerprint density at radius 3 is 2.61 bits per heavy atom. The van der Waals surface area contributed by atoms with Crippen LogP contribution < -0.4 is 0 Å². The fourth-order valence-corrected chi connectivity index (χ4v) is 3.64. The van der Waals surface area contributed by atoms with Crippen LogP contribution in [-0.2, 0) is 14.3 Å². The number of piperidine rings is 1. The van der Waals surface area contributed by atoms with E-state index in [0.717, 1.165) is 19.3 Å². The molecule has 1 aromatic rings. The lowest BCUT2D eigenvalue weighted by Crippen LogP contribution is -2.44. The molecule has 0 aromatic carbocycles. The summed E-state index contributed by atoms with van der Waals surface area (Å²) in [6.07, 6.45) is 2.60. The Hall–Kier alpha value is -2.31. The summed E-state index contributed by atoms with van der Waals surface area (Å²) in [5.41, 5.74) is 0.554. The maximum absolute atomic E-state index is 12.9. The van der Waals surface area contributed by atoms with Crippen molar-refractivity contribution < 1.29 is 23.5 Å². The summed E-state index contributed by atoms with van der Waals surface area (Å²) in [5.74, 6) is 0.696. The molecule has 2 heterocycles. The zero-order valence-corrected chi connectivity index (χ0v) is 17.5. The highest BCUT2D eigenvalue weighted by Crippen LogP contribution is 2.20. The number of rotatable bonds is 8. The summed E-state index contributed by atoms with van der Waals surface area (Å²) >= 11 is 0. The van der Waals surface area contributed by atoms with Crippen molar-refractivity contribution in [2.45, 2.75) is 53.4 Å². The monoisotopic (exact) mass is 392 g/mol. The molecular formula is C21H32N2O5. The number of amides is 2. The first-order valence-electron chi connectivity index (χ1n) is 10.2. The second kappa shape index (κ2) is 10.3. The maximum Gasteiger partial charge on any atom is 0.310 e. The smallest absolute Gasteiger partial charge is 0.310 e. The molecule has 2 rings (SSSR count). The van der Waals surface area contributed by atoms with Crippen LogP contribution in [0.3, 0.4) is 0 Å². The molecule has 1 saturated heterocycles. The average molecular weight is 392 g/mol. The van der Waals surface area contributed by atoms with Gasteiger partial charge in [-0.3, -0.25) is 14.4 Å². The number of ether oxygens (including phenoxy) is 1. The standard InChI is InChI=1S/C21H32N2O5/c1-5-10-22(20(25)18-13-15(3)28-16(18)4)12-9-19(24)23-11-7-8-17(14-23)21(26)27-6-2/h13,17H,5-12,14H2,1-4H3. The molecule has 0 radical (unpaired) electrons. The molecular weight excluding hydrogens is 360 g/mol. The van der Waals surface area contributed by atoms with Crippen molar-refractivity contribution >= 4 is 17.8 Å². The number of aryl methyl sites for hydroxylation is 2. The van der Waals surface area contributed by atoms with Crippen molar-refractivity contribution in [3.8, 4) is 0 Å². The van der Waals surface area contributed by atoms with Crippen molar-refractivity contribution in [3.63, 3.8) is 0 Å². The number of hydrogen-bond donors (Lipinski definition) is 0. The summed E-state index contributed by atoms with van der Waals surface area (Å²) in [6, 6.07) is 1.75. The van der Waals surface area contributed by atoms with Gasteiger partial charge in [0.1, 0.15) is 11.5 Å². The maximum atomic E-state index is 12.9. The van der Waals surface area contributed by atoms with Crippen molar-refractivity contribution in [1.29, 1.82) is 0 Å². The van der Waals surface area contributed by atoms with Crippen LogP contribution >= 0.6 is 0 Å². The van der Waals surface area contributed by atoms with Crippen LogP contribution in [0.4, 0.5) is 0 Å². The van der Waals surface area contributed by atoms with E-state index in [2.05, 4.69) is 0 Å². The van der Waals surface area contributed by atoms with Crippen LogP contribution in [-0.4, -0.2) is 60.4 Å². The van der Waals surface area contributed by atoms with E-state index in [1.807, 2.05) is 13.8 Å². The molecule has 2 amide bonds. The molecule has 1 unspecified atom stereocenters. The first kappa shape index (κ1) is 22.0. The van der Waals surface area contributed by atoms with E-state index in [9.17, 15) is 14.4 Å². The van der Waals surface area contributed by atoms with Crippen molar-refractivity contribution in [1.82, 2.24) is 9.80 Å². The molecule has 156 valence electrons. The minimum absolute atomic E-state index is 0.0250. The Kier molecular flexibility index (Phi) is 8.08. The number of nitrogens with zero attached hydrogens (tertiary/aromatic N) is 2. The molecule has 1 fully saturated rings. The lowest BCUT2D eigenvalue weighted by atomic mass is 9.98. The Bertz CT molecular complexity index is 697. The zero-order valence-electron chi connectivity index (χ0n) is 17.5. The quantitative estimate of drug-likeness (QED) is 0.636. The molecule has 1 atom stereocenters. The number of esters is 1. The minimum atomic E-state index is -0.248. The molecule has 1 aliphatic rings. The van der Waals surface area contributed by atoms with Crippen LogP contribution in [0.1, 0.15) is 61.4 Å². The van der Waals surface area contributed by atoms with Gasteiger partial charge in [-0.05, 0) is 46.1 Å².